The number of phenols is 3. The predicted octanol–water partition coefficient (Wildman–Crippen LogP) is 3.48. The fraction of sp³-hybridized carbons (Fsp3) is 0.115. The van der Waals surface area contributed by atoms with Gasteiger partial charge in [-0.2, -0.15) is 0 Å². The third-order valence-electron chi connectivity index (χ3n) is 5.83. The highest BCUT2D eigenvalue weighted by molar-refractivity contribution is 5.93. The molecule has 1 aliphatic rings. The average Bonchev–Trinajstić information content (AvgIpc) is 2.83. The monoisotopic (exact) mass is 490 g/mol. The molecule has 4 aromatic rings. The Hall–Kier alpha value is -4.99. The van der Waals surface area contributed by atoms with Crippen LogP contribution in [0.4, 0.5) is 0 Å². The summed E-state index contributed by atoms with van der Waals surface area (Å²) in [6.07, 6.45) is -0.172. The highest BCUT2D eigenvalue weighted by atomic mass is 16.5. The number of hydrogen-bond acceptors (Lipinski definition) is 9. The molecule has 10 heteroatoms. The lowest BCUT2D eigenvalue weighted by molar-refractivity contribution is -0.139. The Morgan fingerprint density at radius 3 is 2.50 bits per heavy atom. The molecule has 0 saturated carbocycles. The molecule has 0 saturated heterocycles. The topological polar surface area (TPSA) is 164 Å². The Morgan fingerprint density at radius 2 is 1.75 bits per heavy atom. The summed E-state index contributed by atoms with van der Waals surface area (Å²) >= 11 is 0. The van der Waals surface area contributed by atoms with Crippen LogP contribution in [-0.2, 0) is 9.59 Å². The van der Waals surface area contributed by atoms with E-state index in [1.807, 2.05) is 0 Å². The number of hydrogen-bond donors (Lipinski definition) is 4. The normalized spacial score (nSPS) is 14.8. The molecule has 3 aromatic carbocycles. The number of para-hydroxylation sites is 1. The summed E-state index contributed by atoms with van der Waals surface area (Å²) in [6, 6.07) is 12.7. The van der Waals surface area contributed by atoms with E-state index >= 15 is 0 Å². The molecule has 4 N–H and O–H groups in total. The highest BCUT2D eigenvalue weighted by Gasteiger charge is 2.35. The van der Waals surface area contributed by atoms with Crippen molar-refractivity contribution < 1.29 is 43.9 Å². The summed E-state index contributed by atoms with van der Waals surface area (Å²) in [5.74, 6) is -3.58. The number of carbonyl (C=O) groups excluding carboxylic acids is 1. The second-order valence-electron chi connectivity index (χ2n) is 8.14. The second-order valence-corrected chi connectivity index (χ2v) is 8.14. The number of aliphatic carboxylic acids is 1. The van der Waals surface area contributed by atoms with Gasteiger partial charge in [-0.1, -0.05) is 18.2 Å². The first-order valence-electron chi connectivity index (χ1n) is 10.7. The Bertz CT molecular complexity index is 1600. The number of ether oxygens (including phenoxy) is 2. The lowest BCUT2D eigenvalue weighted by Crippen LogP contribution is -2.22. The van der Waals surface area contributed by atoms with Crippen molar-refractivity contribution in [1.82, 2.24) is 0 Å². The number of phenolic OH excluding ortho intramolecular Hbond substituents is 3. The maximum Gasteiger partial charge on any atom is 0.341 e. The van der Waals surface area contributed by atoms with E-state index in [4.69, 9.17) is 19.0 Å². The molecular weight excluding hydrogens is 472 g/mol. The van der Waals surface area contributed by atoms with Gasteiger partial charge >= 0.3 is 11.9 Å². The number of rotatable bonds is 5. The van der Waals surface area contributed by atoms with Crippen molar-refractivity contribution >= 4 is 22.9 Å². The molecule has 5 rings (SSSR count). The van der Waals surface area contributed by atoms with E-state index in [1.54, 1.807) is 24.3 Å². The predicted molar refractivity (Wildman–Crippen MR) is 125 cm³/mol. The molecule has 36 heavy (non-hydrogen) atoms. The first-order chi connectivity index (χ1) is 17.2. The molecule has 0 amide bonds. The average molecular weight is 490 g/mol. The zero-order chi connectivity index (χ0) is 25.6. The zero-order valence-electron chi connectivity index (χ0n) is 18.4. The summed E-state index contributed by atoms with van der Waals surface area (Å²) in [6.45, 7) is -0.610. The van der Waals surface area contributed by atoms with Crippen molar-refractivity contribution in [3.63, 3.8) is 0 Å². The molecule has 1 aromatic heterocycles. The van der Waals surface area contributed by atoms with Crippen LogP contribution in [0.5, 0.6) is 28.7 Å². The lowest BCUT2D eigenvalue weighted by atomic mass is 9.84. The van der Waals surface area contributed by atoms with Crippen LogP contribution >= 0.6 is 0 Å². The maximum absolute atomic E-state index is 13.1. The minimum atomic E-state index is -1.18. The smallest absolute Gasteiger partial charge is 0.341 e. The Labute approximate surface area is 202 Å². The third-order valence-corrected chi connectivity index (χ3v) is 5.83. The minimum Gasteiger partial charge on any atom is -0.507 e. The number of aromatic hydroxyl groups is 3. The quantitative estimate of drug-likeness (QED) is 0.185. The molecule has 0 unspecified atom stereocenters. The van der Waals surface area contributed by atoms with Gasteiger partial charge in [-0.05, 0) is 24.3 Å². The Kier molecular flexibility index (Phi) is 5.48. The van der Waals surface area contributed by atoms with Crippen molar-refractivity contribution in [1.29, 1.82) is 0 Å². The summed E-state index contributed by atoms with van der Waals surface area (Å²) in [4.78, 5) is 36.6. The molecular formula is C26H18O10. The maximum atomic E-state index is 13.1. The van der Waals surface area contributed by atoms with Crippen LogP contribution in [0.15, 0.2) is 63.8 Å². The number of carbonyl (C=O) groups is 2. The van der Waals surface area contributed by atoms with Crippen molar-refractivity contribution in [2.24, 2.45) is 0 Å². The molecule has 2 heterocycles. The van der Waals surface area contributed by atoms with Crippen LogP contribution in [0.25, 0.3) is 22.3 Å². The van der Waals surface area contributed by atoms with Gasteiger partial charge in [-0.25, -0.2) is 4.79 Å². The van der Waals surface area contributed by atoms with Crippen molar-refractivity contribution in [3.05, 3.63) is 75.9 Å². The van der Waals surface area contributed by atoms with E-state index in [0.29, 0.717) is 5.56 Å². The van der Waals surface area contributed by atoms with Gasteiger partial charge in [0.05, 0.1) is 6.42 Å². The molecule has 0 bridgehead atoms. The highest BCUT2D eigenvalue weighted by Crippen LogP contribution is 2.47. The van der Waals surface area contributed by atoms with Crippen LogP contribution in [0.3, 0.4) is 0 Å². The van der Waals surface area contributed by atoms with E-state index in [1.165, 1.54) is 18.2 Å². The van der Waals surface area contributed by atoms with Crippen molar-refractivity contribution in [3.8, 4) is 40.1 Å². The van der Waals surface area contributed by atoms with Gasteiger partial charge in [0.15, 0.2) is 23.5 Å². The van der Waals surface area contributed by atoms with Crippen LogP contribution in [-0.4, -0.2) is 39.0 Å². The van der Waals surface area contributed by atoms with Crippen LogP contribution < -0.4 is 14.9 Å². The van der Waals surface area contributed by atoms with E-state index < -0.39 is 41.4 Å². The lowest BCUT2D eigenvalue weighted by Gasteiger charge is -2.27. The number of benzene rings is 3. The SMILES string of the molecule is O=C(O)COc1ccccc1[C@H]1CC(=O)Oc2cc(O)c3c(=O)cc(-c4ccc(O)c(O)c4)oc3c21. The molecule has 0 fully saturated rings. The van der Waals surface area contributed by atoms with E-state index in [2.05, 4.69) is 0 Å². The molecule has 0 spiro atoms. The first-order valence-corrected chi connectivity index (χ1v) is 10.7. The number of carboxylic acids is 1. The van der Waals surface area contributed by atoms with Gasteiger partial charge in [0.25, 0.3) is 0 Å². The Morgan fingerprint density at radius 1 is 0.972 bits per heavy atom. The third kappa shape index (κ3) is 3.94. The van der Waals surface area contributed by atoms with Gasteiger partial charge in [-0.15, -0.1) is 0 Å². The summed E-state index contributed by atoms with van der Waals surface area (Å²) in [5, 5.41) is 39.0. The standard InChI is InChI=1S/C26H18O10/c27-15-6-5-12(7-16(15)28)20-9-17(29)25-18(30)10-21-24(26(25)36-20)14(8-23(33)35-21)13-3-1-2-4-19(13)34-11-22(31)32/h1-7,9-10,14,27-28,30H,8,11H2,(H,31,32)/t14-/m1/s1. The van der Waals surface area contributed by atoms with E-state index in [0.717, 1.165) is 12.1 Å². The van der Waals surface area contributed by atoms with Gasteiger partial charge < -0.3 is 34.3 Å². The molecule has 182 valence electrons. The molecule has 1 atom stereocenters. The first kappa shape index (κ1) is 22.8. The second kappa shape index (κ2) is 8.66. The fourth-order valence-corrected chi connectivity index (χ4v) is 4.28. The van der Waals surface area contributed by atoms with Crippen LogP contribution in [0.1, 0.15) is 23.5 Å². The van der Waals surface area contributed by atoms with Crippen LogP contribution in [0.2, 0.25) is 0 Å². The van der Waals surface area contributed by atoms with Gasteiger partial charge in [-0.3, -0.25) is 9.59 Å². The van der Waals surface area contributed by atoms with Crippen molar-refractivity contribution in [2.45, 2.75) is 12.3 Å². The summed E-state index contributed by atoms with van der Waals surface area (Å²) in [7, 11) is 0. The molecule has 0 aliphatic carbocycles. The van der Waals surface area contributed by atoms with Gasteiger partial charge in [0.1, 0.15) is 34.0 Å². The Balaban J connectivity index is 1.77. The summed E-state index contributed by atoms with van der Waals surface area (Å²) < 4.78 is 16.8. The fourth-order valence-electron chi connectivity index (χ4n) is 4.28. The zero-order valence-corrected chi connectivity index (χ0v) is 18.4. The van der Waals surface area contributed by atoms with Gasteiger partial charge in [0.2, 0.25) is 0 Å². The molecule has 1 aliphatic heterocycles. The van der Waals surface area contributed by atoms with Crippen molar-refractivity contribution in [2.75, 3.05) is 6.61 Å². The van der Waals surface area contributed by atoms with Crippen LogP contribution in [0, 0.1) is 0 Å². The number of esters is 1. The largest absolute Gasteiger partial charge is 0.507 e. The van der Waals surface area contributed by atoms with Gasteiger partial charge in [0, 0.05) is 34.7 Å². The summed E-state index contributed by atoms with van der Waals surface area (Å²) in [5.41, 5.74) is 0.376. The molecule has 10 nitrogen and oxygen atoms in total. The molecule has 0 radical (unpaired) electrons. The number of fused-ring (bicyclic) bond motifs is 3. The minimum absolute atomic E-state index is 0.0249. The van der Waals surface area contributed by atoms with E-state index in [-0.39, 0.29) is 51.5 Å². The van der Waals surface area contributed by atoms with E-state index in [9.17, 15) is 29.7 Å². The number of carboxylic acid groups (broad SMARTS) is 1.